The number of nitrogens with zero attached hydrogens (tertiary/aromatic N) is 1. The van der Waals surface area contributed by atoms with E-state index >= 15 is 0 Å². The van der Waals surface area contributed by atoms with Crippen LogP contribution >= 0.6 is 11.6 Å². The Morgan fingerprint density at radius 1 is 1.21 bits per heavy atom. The van der Waals surface area contributed by atoms with Crippen molar-refractivity contribution in [2.75, 3.05) is 0 Å². The minimum Gasteiger partial charge on any atom is -0.258 e. The van der Waals surface area contributed by atoms with Gasteiger partial charge in [-0.25, -0.2) is 13.1 Å². The Morgan fingerprint density at radius 3 is 2.71 bits per heavy atom. The number of nitro groups is 1. The highest BCUT2D eigenvalue weighted by atomic mass is 35.5. The molecule has 24 heavy (non-hydrogen) atoms. The number of rotatable bonds is 4. The molecule has 0 aliphatic heterocycles. The van der Waals surface area contributed by atoms with Crippen LogP contribution in [0.3, 0.4) is 0 Å². The van der Waals surface area contributed by atoms with Gasteiger partial charge in [0, 0.05) is 17.1 Å². The SMILES string of the molecule is O=[N+]([O-])c1cc(Cl)ccc1S(=O)(=O)NC1CCCc2ccccc21. The lowest BCUT2D eigenvalue weighted by Gasteiger charge is -2.26. The number of nitrogens with one attached hydrogen (secondary N) is 1. The van der Waals surface area contributed by atoms with Gasteiger partial charge in [0.1, 0.15) is 0 Å². The van der Waals surface area contributed by atoms with Crippen molar-refractivity contribution in [2.45, 2.75) is 30.2 Å². The van der Waals surface area contributed by atoms with Crippen molar-refractivity contribution in [3.05, 3.63) is 68.7 Å². The number of sulfonamides is 1. The van der Waals surface area contributed by atoms with Gasteiger partial charge in [0.2, 0.25) is 10.0 Å². The van der Waals surface area contributed by atoms with Gasteiger partial charge in [0.15, 0.2) is 4.90 Å². The summed E-state index contributed by atoms with van der Waals surface area (Å²) in [5.41, 5.74) is 1.49. The van der Waals surface area contributed by atoms with Crippen LogP contribution < -0.4 is 4.72 Å². The molecule has 3 rings (SSSR count). The summed E-state index contributed by atoms with van der Waals surface area (Å²) in [4.78, 5) is 10.1. The lowest BCUT2D eigenvalue weighted by atomic mass is 9.88. The van der Waals surface area contributed by atoms with Crippen molar-refractivity contribution >= 4 is 27.3 Å². The van der Waals surface area contributed by atoms with Crippen LogP contribution in [0.15, 0.2) is 47.4 Å². The third-order valence-electron chi connectivity index (χ3n) is 4.07. The normalized spacial score (nSPS) is 17.3. The largest absolute Gasteiger partial charge is 0.290 e. The molecule has 0 saturated heterocycles. The highest BCUT2D eigenvalue weighted by Crippen LogP contribution is 2.33. The van der Waals surface area contributed by atoms with Crippen LogP contribution in [0, 0.1) is 10.1 Å². The summed E-state index contributed by atoms with van der Waals surface area (Å²) in [7, 11) is -4.05. The minimum atomic E-state index is -4.05. The predicted octanol–water partition coefficient (Wildman–Crippen LogP) is 3.60. The second kappa shape index (κ2) is 6.51. The van der Waals surface area contributed by atoms with Crippen LogP contribution in [0.5, 0.6) is 0 Å². The van der Waals surface area contributed by atoms with Gasteiger partial charge in [-0.3, -0.25) is 10.1 Å². The van der Waals surface area contributed by atoms with Crippen LogP contribution in [0.25, 0.3) is 0 Å². The van der Waals surface area contributed by atoms with E-state index < -0.39 is 26.7 Å². The number of benzene rings is 2. The van der Waals surface area contributed by atoms with Crippen molar-refractivity contribution < 1.29 is 13.3 Å². The van der Waals surface area contributed by atoms with Gasteiger partial charge in [0.05, 0.1) is 4.92 Å². The molecule has 0 saturated carbocycles. The molecule has 0 aromatic heterocycles. The Labute approximate surface area is 144 Å². The average Bonchev–Trinajstić information content (AvgIpc) is 2.54. The van der Waals surface area contributed by atoms with E-state index in [0.717, 1.165) is 36.1 Å². The van der Waals surface area contributed by atoms with E-state index in [1.54, 1.807) is 0 Å². The Balaban J connectivity index is 1.98. The first-order chi connectivity index (χ1) is 11.4. The van der Waals surface area contributed by atoms with Crippen molar-refractivity contribution in [3.8, 4) is 0 Å². The molecule has 1 N–H and O–H groups in total. The molecule has 126 valence electrons. The average molecular weight is 367 g/mol. The number of halogens is 1. The fourth-order valence-corrected chi connectivity index (χ4v) is 4.56. The fraction of sp³-hybridized carbons (Fsp3) is 0.250. The molecule has 0 bridgehead atoms. The van der Waals surface area contributed by atoms with Gasteiger partial charge in [-0.2, -0.15) is 0 Å². The van der Waals surface area contributed by atoms with Crippen molar-refractivity contribution in [3.63, 3.8) is 0 Å². The Hall–Kier alpha value is -1.96. The molecule has 0 radical (unpaired) electrons. The summed E-state index contributed by atoms with van der Waals surface area (Å²) in [6.45, 7) is 0. The van der Waals surface area contributed by atoms with Crippen molar-refractivity contribution in [1.82, 2.24) is 4.72 Å². The second-order valence-electron chi connectivity index (χ2n) is 5.63. The number of nitro benzene ring substituents is 1. The van der Waals surface area contributed by atoms with Crippen LogP contribution in [-0.4, -0.2) is 13.3 Å². The standard InChI is InChI=1S/C16H15ClN2O4S/c17-12-8-9-16(15(10-12)19(20)21)24(22,23)18-14-7-3-5-11-4-1-2-6-13(11)14/h1-2,4,6,8-10,14,18H,3,5,7H2. The predicted molar refractivity (Wildman–Crippen MR) is 90.5 cm³/mol. The van der Waals surface area contributed by atoms with E-state index in [1.165, 1.54) is 6.07 Å². The molecular formula is C16H15ClN2O4S. The topological polar surface area (TPSA) is 89.3 Å². The third kappa shape index (κ3) is 3.28. The first-order valence-corrected chi connectivity index (χ1v) is 9.28. The summed E-state index contributed by atoms with van der Waals surface area (Å²) in [5.74, 6) is 0. The fourth-order valence-electron chi connectivity index (χ4n) is 2.99. The molecule has 2 aromatic carbocycles. The molecule has 1 atom stereocenters. The monoisotopic (exact) mass is 366 g/mol. The lowest BCUT2D eigenvalue weighted by Crippen LogP contribution is -2.31. The van der Waals surface area contributed by atoms with Crippen LogP contribution in [0.2, 0.25) is 5.02 Å². The molecule has 0 heterocycles. The maximum atomic E-state index is 12.7. The molecule has 1 aliphatic carbocycles. The zero-order valence-electron chi connectivity index (χ0n) is 12.6. The second-order valence-corrected chi connectivity index (χ2v) is 7.75. The first-order valence-electron chi connectivity index (χ1n) is 7.42. The van der Waals surface area contributed by atoms with Gasteiger partial charge in [0.25, 0.3) is 5.69 Å². The number of hydrogen-bond donors (Lipinski definition) is 1. The van der Waals surface area contributed by atoms with E-state index in [2.05, 4.69) is 4.72 Å². The van der Waals surface area contributed by atoms with E-state index in [9.17, 15) is 18.5 Å². The minimum absolute atomic E-state index is 0.115. The Kier molecular flexibility index (Phi) is 4.58. The summed E-state index contributed by atoms with van der Waals surface area (Å²) in [6.07, 6.45) is 2.40. The van der Waals surface area contributed by atoms with Crippen molar-refractivity contribution in [1.29, 1.82) is 0 Å². The number of hydrogen-bond acceptors (Lipinski definition) is 4. The molecule has 1 unspecified atom stereocenters. The molecule has 0 spiro atoms. The number of fused-ring (bicyclic) bond motifs is 1. The summed E-state index contributed by atoms with van der Waals surface area (Å²) in [5, 5.41) is 11.3. The van der Waals surface area contributed by atoms with Crippen molar-refractivity contribution in [2.24, 2.45) is 0 Å². The number of aryl methyl sites for hydroxylation is 1. The van der Waals surface area contributed by atoms with Gasteiger partial charge in [-0.05, 0) is 42.5 Å². The highest BCUT2D eigenvalue weighted by Gasteiger charge is 2.30. The van der Waals surface area contributed by atoms with E-state index in [0.29, 0.717) is 6.42 Å². The van der Waals surface area contributed by atoms with E-state index in [-0.39, 0.29) is 9.92 Å². The molecule has 2 aromatic rings. The van der Waals surface area contributed by atoms with E-state index in [1.807, 2.05) is 24.3 Å². The summed E-state index contributed by atoms with van der Waals surface area (Å²) < 4.78 is 28.0. The molecule has 0 fully saturated rings. The van der Waals surface area contributed by atoms with Gasteiger partial charge < -0.3 is 0 Å². The zero-order valence-corrected chi connectivity index (χ0v) is 14.2. The smallest absolute Gasteiger partial charge is 0.258 e. The maximum absolute atomic E-state index is 12.7. The first kappa shape index (κ1) is 16.9. The lowest BCUT2D eigenvalue weighted by molar-refractivity contribution is -0.387. The Bertz CT molecular complexity index is 899. The quantitative estimate of drug-likeness (QED) is 0.661. The van der Waals surface area contributed by atoms with Gasteiger partial charge >= 0.3 is 0 Å². The molecule has 8 heteroatoms. The zero-order chi connectivity index (χ0) is 17.3. The molecule has 6 nitrogen and oxygen atoms in total. The van der Waals surface area contributed by atoms with Crippen LogP contribution in [0.4, 0.5) is 5.69 Å². The maximum Gasteiger partial charge on any atom is 0.290 e. The van der Waals surface area contributed by atoms with Gasteiger partial charge in [-0.15, -0.1) is 0 Å². The van der Waals surface area contributed by atoms with Crippen LogP contribution in [0.1, 0.15) is 30.0 Å². The highest BCUT2D eigenvalue weighted by molar-refractivity contribution is 7.89. The summed E-state index contributed by atoms with van der Waals surface area (Å²) in [6, 6.07) is 10.8. The van der Waals surface area contributed by atoms with Gasteiger partial charge in [-0.1, -0.05) is 35.9 Å². The Morgan fingerprint density at radius 2 is 1.96 bits per heavy atom. The summed E-state index contributed by atoms with van der Waals surface area (Å²) >= 11 is 5.75. The third-order valence-corrected chi connectivity index (χ3v) is 5.83. The molecular weight excluding hydrogens is 352 g/mol. The van der Waals surface area contributed by atoms with Crippen LogP contribution in [-0.2, 0) is 16.4 Å². The van der Waals surface area contributed by atoms with E-state index in [4.69, 9.17) is 11.6 Å². The molecule has 1 aliphatic rings. The molecule has 0 amide bonds.